The summed E-state index contributed by atoms with van der Waals surface area (Å²) in [7, 11) is 0. The quantitative estimate of drug-likeness (QED) is 0.343. The molecule has 11 nitrogen and oxygen atoms in total. The number of halogens is 1. The lowest BCUT2D eigenvalue weighted by Gasteiger charge is -2.31. The molecule has 0 bridgehead atoms. The molecule has 0 aliphatic carbocycles. The lowest BCUT2D eigenvalue weighted by atomic mass is 9.86. The zero-order chi connectivity index (χ0) is 25.4. The maximum absolute atomic E-state index is 15.6. The summed E-state index contributed by atoms with van der Waals surface area (Å²) in [6.07, 6.45) is 0.00475. The summed E-state index contributed by atoms with van der Waals surface area (Å²) in [5.74, 6) is -1.82. The van der Waals surface area contributed by atoms with Gasteiger partial charge in [0, 0.05) is 29.1 Å². The number of carbonyl (C=O) groups is 2. The molecule has 12 heteroatoms. The van der Waals surface area contributed by atoms with Gasteiger partial charge in [-0.05, 0) is 18.1 Å². The van der Waals surface area contributed by atoms with Crippen LogP contribution in [0.15, 0.2) is 16.9 Å². The van der Waals surface area contributed by atoms with Crippen molar-refractivity contribution in [1.29, 1.82) is 0 Å². The van der Waals surface area contributed by atoms with Crippen LogP contribution in [-0.2, 0) is 39.6 Å². The molecule has 6 rings (SSSR count). The number of nitrogens with zero attached hydrogens (tertiary/aromatic N) is 2. The summed E-state index contributed by atoms with van der Waals surface area (Å²) in [4.78, 5) is 42.5. The average molecular weight is 496 g/mol. The summed E-state index contributed by atoms with van der Waals surface area (Å²) >= 11 is 0. The number of aliphatic hydroxyl groups is 1. The van der Waals surface area contributed by atoms with Gasteiger partial charge in [0.15, 0.2) is 17.2 Å². The molecule has 2 aromatic heterocycles. The van der Waals surface area contributed by atoms with Gasteiger partial charge in [0.25, 0.3) is 5.56 Å². The molecule has 3 aliphatic heterocycles. The topological polar surface area (TPSA) is 155 Å². The summed E-state index contributed by atoms with van der Waals surface area (Å²) in [5, 5.41) is 13.9. The van der Waals surface area contributed by atoms with Gasteiger partial charge in [0.2, 0.25) is 18.4 Å². The number of aromatic nitrogens is 2. The molecular weight excluding hydrogens is 475 g/mol. The number of amides is 1. The summed E-state index contributed by atoms with van der Waals surface area (Å²) in [5.41, 5.74) is 5.24. The number of nitrogens with two attached hydrogens (primary N) is 1. The Bertz CT molecular complexity index is 1570. The number of ether oxygens (including phenoxy) is 3. The van der Waals surface area contributed by atoms with Crippen LogP contribution in [-0.4, -0.2) is 39.9 Å². The van der Waals surface area contributed by atoms with Gasteiger partial charge in [0.05, 0.1) is 35.6 Å². The van der Waals surface area contributed by atoms with Gasteiger partial charge in [-0.25, -0.2) is 14.2 Å². The van der Waals surface area contributed by atoms with Crippen molar-refractivity contribution in [3.63, 3.8) is 0 Å². The number of nitrogens with one attached hydrogen (secondary N) is 1. The highest BCUT2D eigenvalue weighted by molar-refractivity contribution is 5.92. The Labute approximate surface area is 202 Å². The van der Waals surface area contributed by atoms with Crippen molar-refractivity contribution in [2.24, 2.45) is 5.73 Å². The maximum Gasteiger partial charge on any atom is 0.343 e. The van der Waals surface area contributed by atoms with Crippen molar-refractivity contribution in [2.75, 3.05) is 13.3 Å². The Kier molecular flexibility index (Phi) is 4.82. The molecular formula is C24H21FN4O7. The van der Waals surface area contributed by atoms with Gasteiger partial charge < -0.3 is 34.9 Å². The minimum atomic E-state index is -1.97. The van der Waals surface area contributed by atoms with Crippen LogP contribution in [0.3, 0.4) is 0 Å². The zero-order valence-corrected chi connectivity index (χ0v) is 19.1. The Morgan fingerprint density at radius 2 is 2.08 bits per heavy atom. The van der Waals surface area contributed by atoms with E-state index in [1.807, 2.05) is 0 Å². The van der Waals surface area contributed by atoms with Crippen LogP contribution in [0.5, 0.6) is 11.5 Å². The molecule has 1 atom stereocenters. The van der Waals surface area contributed by atoms with Crippen molar-refractivity contribution < 1.29 is 33.3 Å². The molecule has 36 heavy (non-hydrogen) atoms. The lowest BCUT2D eigenvalue weighted by Crippen LogP contribution is -2.44. The van der Waals surface area contributed by atoms with E-state index in [1.54, 1.807) is 13.0 Å². The molecule has 5 heterocycles. The fourth-order valence-electron chi connectivity index (χ4n) is 5.09. The molecule has 0 spiro atoms. The van der Waals surface area contributed by atoms with E-state index >= 15 is 4.39 Å². The SMILES string of the molecule is CC[C@@]1(O)C(=O)OCc2c1cc1n(c2=O)Cc2c-1nc1cc3c(c(F)c1c2CNC(=O)CN)OCO3. The first-order chi connectivity index (χ1) is 17.3. The standard InChI is InChI=1S/C24H21FN4O7/c1-2-24(33)13-3-15-20-11(7-29(15)22(31)12(13)8-34-23(24)32)10(6-27-17(30)5-26)18-14(28-20)4-16-21(19(18)25)36-9-35-16/h3-4,33H,2,5-9,26H2,1H3,(H,27,30)/t24-/m0/s1. The fraction of sp³-hybridized carbons (Fsp3) is 0.333. The molecule has 0 unspecified atom stereocenters. The van der Waals surface area contributed by atoms with Crippen LogP contribution in [0.1, 0.15) is 35.6 Å². The average Bonchev–Trinajstić information content (AvgIpc) is 3.49. The zero-order valence-electron chi connectivity index (χ0n) is 19.1. The van der Waals surface area contributed by atoms with Crippen molar-refractivity contribution in [3.05, 3.63) is 50.6 Å². The number of hydrogen-bond acceptors (Lipinski definition) is 9. The predicted octanol–water partition coefficient (Wildman–Crippen LogP) is 0.522. The largest absolute Gasteiger partial charge is 0.458 e. The minimum Gasteiger partial charge on any atom is -0.458 e. The Hall–Kier alpha value is -4.03. The molecule has 1 aromatic carbocycles. The second-order valence-electron chi connectivity index (χ2n) is 8.82. The second kappa shape index (κ2) is 7.73. The van der Waals surface area contributed by atoms with Crippen LogP contribution in [0.25, 0.3) is 22.3 Å². The summed E-state index contributed by atoms with van der Waals surface area (Å²) < 4.78 is 32.8. The number of pyridine rings is 2. The third kappa shape index (κ3) is 2.91. The highest BCUT2D eigenvalue weighted by Crippen LogP contribution is 2.44. The van der Waals surface area contributed by atoms with E-state index < -0.39 is 28.9 Å². The van der Waals surface area contributed by atoms with Crippen LogP contribution >= 0.6 is 0 Å². The lowest BCUT2D eigenvalue weighted by molar-refractivity contribution is -0.172. The summed E-state index contributed by atoms with van der Waals surface area (Å²) in [6.45, 7) is 0.922. The Morgan fingerprint density at radius 1 is 1.28 bits per heavy atom. The van der Waals surface area contributed by atoms with Gasteiger partial charge in [-0.15, -0.1) is 0 Å². The molecule has 3 aliphatic rings. The van der Waals surface area contributed by atoms with Crippen molar-refractivity contribution in [2.45, 2.75) is 38.6 Å². The first-order valence-corrected chi connectivity index (χ1v) is 11.4. The molecule has 0 radical (unpaired) electrons. The van der Waals surface area contributed by atoms with E-state index in [4.69, 9.17) is 19.9 Å². The van der Waals surface area contributed by atoms with Gasteiger partial charge >= 0.3 is 5.97 Å². The normalized spacial score (nSPS) is 19.1. The van der Waals surface area contributed by atoms with E-state index in [-0.39, 0.29) is 73.0 Å². The number of fused-ring (bicyclic) bond motifs is 6. The first-order valence-electron chi connectivity index (χ1n) is 11.4. The molecule has 0 saturated carbocycles. The van der Waals surface area contributed by atoms with E-state index in [0.29, 0.717) is 22.5 Å². The molecule has 1 amide bonds. The van der Waals surface area contributed by atoms with Crippen molar-refractivity contribution >= 4 is 22.8 Å². The van der Waals surface area contributed by atoms with Crippen molar-refractivity contribution in [3.8, 4) is 22.9 Å². The number of carbonyl (C=O) groups excluding carboxylic acids is 2. The summed E-state index contributed by atoms with van der Waals surface area (Å²) in [6, 6.07) is 3.10. The Balaban J connectivity index is 1.63. The molecule has 186 valence electrons. The van der Waals surface area contributed by atoms with Crippen molar-refractivity contribution in [1.82, 2.24) is 14.9 Å². The number of benzene rings is 1. The number of hydrogen-bond donors (Lipinski definition) is 3. The Morgan fingerprint density at radius 3 is 2.83 bits per heavy atom. The molecule has 3 aromatic rings. The number of rotatable bonds is 4. The van der Waals surface area contributed by atoms with Crippen LogP contribution in [0, 0.1) is 5.82 Å². The minimum absolute atomic E-state index is 0.00475. The second-order valence-corrected chi connectivity index (χ2v) is 8.82. The fourth-order valence-corrected chi connectivity index (χ4v) is 5.09. The van der Waals surface area contributed by atoms with Crippen LogP contribution in [0.2, 0.25) is 0 Å². The third-order valence-corrected chi connectivity index (χ3v) is 7.02. The highest BCUT2D eigenvalue weighted by atomic mass is 19.1. The smallest absolute Gasteiger partial charge is 0.343 e. The maximum atomic E-state index is 15.6. The number of esters is 1. The van der Waals surface area contributed by atoms with E-state index in [9.17, 15) is 19.5 Å². The highest BCUT2D eigenvalue weighted by Gasteiger charge is 2.45. The van der Waals surface area contributed by atoms with Crippen LogP contribution < -0.4 is 26.1 Å². The van der Waals surface area contributed by atoms with E-state index in [1.165, 1.54) is 10.6 Å². The van der Waals surface area contributed by atoms with Gasteiger partial charge in [-0.1, -0.05) is 6.92 Å². The molecule has 0 saturated heterocycles. The van der Waals surface area contributed by atoms with E-state index in [0.717, 1.165) is 0 Å². The van der Waals surface area contributed by atoms with Gasteiger partial charge in [-0.2, -0.15) is 0 Å². The molecule has 4 N–H and O–H groups in total. The van der Waals surface area contributed by atoms with Crippen LogP contribution in [0.4, 0.5) is 4.39 Å². The molecule has 0 fully saturated rings. The number of cyclic esters (lactones) is 1. The predicted molar refractivity (Wildman–Crippen MR) is 122 cm³/mol. The van der Waals surface area contributed by atoms with Gasteiger partial charge in [-0.3, -0.25) is 9.59 Å². The monoisotopic (exact) mass is 496 g/mol. The first kappa shape index (κ1) is 22.4. The van der Waals surface area contributed by atoms with E-state index in [2.05, 4.69) is 10.3 Å². The third-order valence-electron chi connectivity index (χ3n) is 7.02. The van der Waals surface area contributed by atoms with Gasteiger partial charge in [0.1, 0.15) is 6.61 Å².